The molecule has 0 aliphatic rings. The molecule has 0 aromatic rings. The van der Waals surface area contributed by atoms with Crippen LogP contribution in [0.25, 0.3) is 0 Å². The average molecular weight is 226 g/mol. The van der Waals surface area contributed by atoms with E-state index in [1.807, 2.05) is 12.2 Å². The Morgan fingerprint density at radius 1 is 1.25 bits per heavy atom. The van der Waals surface area contributed by atoms with Gasteiger partial charge in [0.1, 0.15) is 0 Å². The molecule has 0 atom stereocenters. The minimum Gasteiger partial charge on any atom is -0.480 e. The molecule has 0 fully saturated rings. The second-order valence-corrected chi connectivity index (χ2v) is 3.83. The van der Waals surface area contributed by atoms with Crippen LogP contribution < -0.4 is 0 Å². The van der Waals surface area contributed by atoms with Crippen molar-refractivity contribution in [1.82, 2.24) is 0 Å². The minimum atomic E-state index is -1.67. The van der Waals surface area contributed by atoms with Crippen molar-refractivity contribution in [3.8, 4) is 0 Å². The summed E-state index contributed by atoms with van der Waals surface area (Å²) >= 11 is 0. The van der Waals surface area contributed by atoms with Gasteiger partial charge in [-0.1, -0.05) is 18.2 Å². The highest BCUT2D eigenvalue weighted by Crippen LogP contribution is 2.24. The molecule has 0 aromatic carbocycles. The number of allylic oxidation sites excluding steroid dienone is 3. The lowest BCUT2D eigenvalue weighted by molar-refractivity contribution is -0.163. The molecule has 0 rings (SSSR count). The molecule has 0 unspecified atom stereocenters. The second kappa shape index (κ2) is 6.82. The number of unbranched alkanes of at least 4 members (excludes halogenated alkanes) is 1. The van der Waals surface area contributed by atoms with Crippen molar-refractivity contribution in [1.29, 1.82) is 0 Å². The van der Waals surface area contributed by atoms with Gasteiger partial charge in [0.05, 0.1) is 0 Å². The van der Waals surface area contributed by atoms with E-state index in [0.717, 1.165) is 6.42 Å². The van der Waals surface area contributed by atoms with E-state index in [9.17, 15) is 9.59 Å². The monoisotopic (exact) mass is 226 g/mol. The quantitative estimate of drug-likeness (QED) is 0.379. The van der Waals surface area contributed by atoms with Gasteiger partial charge in [-0.2, -0.15) is 0 Å². The second-order valence-electron chi connectivity index (χ2n) is 3.83. The van der Waals surface area contributed by atoms with Crippen LogP contribution in [0.2, 0.25) is 0 Å². The van der Waals surface area contributed by atoms with Crippen LogP contribution in [0.15, 0.2) is 24.8 Å². The first-order valence-corrected chi connectivity index (χ1v) is 5.18. The predicted octanol–water partition coefficient (Wildman–Crippen LogP) is 2.46. The van der Waals surface area contributed by atoms with E-state index in [4.69, 9.17) is 10.2 Å². The maximum atomic E-state index is 10.8. The van der Waals surface area contributed by atoms with E-state index in [-0.39, 0.29) is 6.42 Å². The predicted molar refractivity (Wildman–Crippen MR) is 61.2 cm³/mol. The van der Waals surface area contributed by atoms with Crippen LogP contribution in [0, 0.1) is 5.41 Å². The van der Waals surface area contributed by atoms with Crippen LogP contribution in [0.4, 0.5) is 0 Å². The molecule has 16 heavy (non-hydrogen) atoms. The number of carbonyl (C=O) groups is 2. The van der Waals surface area contributed by atoms with E-state index in [1.54, 1.807) is 6.08 Å². The van der Waals surface area contributed by atoms with Gasteiger partial charge in [-0.3, -0.25) is 9.59 Å². The molecule has 0 amide bonds. The molecule has 0 spiro atoms. The summed E-state index contributed by atoms with van der Waals surface area (Å²) < 4.78 is 0. The van der Waals surface area contributed by atoms with E-state index < -0.39 is 17.4 Å². The molecular weight excluding hydrogens is 208 g/mol. The summed E-state index contributed by atoms with van der Waals surface area (Å²) in [5, 5.41) is 17.7. The molecule has 90 valence electrons. The van der Waals surface area contributed by atoms with Gasteiger partial charge < -0.3 is 10.2 Å². The SMILES string of the molecule is C=CCC=CCCCC(C)(C(=O)O)C(=O)O. The van der Waals surface area contributed by atoms with Gasteiger partial charge in [0.15, 0.2) is 5.41 Å². The summed E-state index contributed by atoms with van der Waals surface area (Å²) in [6.45, 7) is 4.80. The maximum absolute atomic E-state index is 10.8. The van der Waals surface area contributed by atoms with Crippen LogP contribution in [-0.4, -0.2) is 22.2 Å². The molecule has 0 aliphatic carbocycles. The molecule has 4 nitrogen and oxygen atoms in total. The Morgan fingerprint density at radius 3 is 2.25 bits per heavy atom. The largest absolute Gasteiger partial charge is 0.480 e. The third kappa shape index (κ3) is 4.29. The summed E-state index contributed by atoms with van der Waals surface area (Å²) in [7, 11) is 0. The fourth-order valence-corrected chi connectivity index (χ4v) is 1.19. The molecule has 4 heteroatoms. The zero-order chi connectivity index (χ0) is 12.6. The first-order chi connectivity index (χ1) is 7.45. The summed E-state index contributed by atoms with van der Waals surface area (Å²) in [6, 6.07) is 0. The summed E-state index contributed by atoms with van der Waals surface area (Å²) in [5.41, 5.74) is -1.67. The summed E-state index contributed by atoms with van der Waals surface area (Å²) in [4.78, 5) is 21.6. The first kappa shape index (κ1) is 14.4. The van der Waals surface area contributed by atoms with E-state index >= 15 is 0 Å². The number of aliphatic carboxylic acids is 2. The number of carboxylic acids is 2. The van der Waals surface area contributed by atoms with Gasteiger partial charge in [0.25, 0.3) is 0 Å². The van der Waals surface area contributed by atoms with Crippen molar-refractivity contribution >= 4 is 11.9 Å². The molecule has 0 radical (unpaired) electrons. The number of hydrogen-bond donors (Lipinski definition) is 2. The molecule has 0 saturated heterocycles. The lowest BCUT2D eigenvalue weighted by Gasteiger charge is -2.18. The fourth-order valence-electron chi connectivity index (χ4n) is 1.19. The molecule has 0 saturated carbocycles. The first-order valence-electron chi connectivity index (χ1n) is 5.18. The highest BCUT2D eigenvalue weighted by atomic mass is 16.4. The van der Waals surface area contributed by atoms with Crippen molar-refractivity contribution in [2.45, 2.75) is 32.6 Å². The molecule has 0 bridgehead atoms. The minimum absolute atomic E-state index is 0.135. The average Bonchev–Trinajstić information content (AvgIpc) is 2.22. The third-order valence-electron chi connectivity index (χ3n) is 2.46. The Labute approximate surface area is 95.3 Å². The highest BCUT2D eigenvalue weighted by molar-refractivity contribution is 5.97. The number of carboxylic acid groups (broad SMARTS) is 2. The Balaban J connectivity index is 4.10. The van der Waals surface area contributed by atoms with Crippen LogP contribution in [-0.2, 0) is 9.59 Å². The molecule has 0 aromatic heterocycles. The number of hydrogen-bond acceptors (Lipinski definition) is 2. The van der Waals surface area contributed by atoms with Crippen LogP contribution >= 0.6 is 0 Å². The van der Waals surface area contributed by atoms with Crippen LogP contribution in [0.3, 0.4) is 0 Å². The van der Waals surface area contributed by atoms with Gasteiger partial charge in [-0.15, -0.1) is 6.58 Å². The van der Waals surface area contributed by atoms with Crippen molar-refractivity contribution in [3.05, 3.63) is 24.8 Å². The molecule has 2 N–H and O–H groups in total. The molecule has 0 heterocycles. The van der Waals surface area contributed by atoms with Crippen molar-refractivity contribution in [2.24, 2.45) is 5.41 Å². The van der Waals surface area contributed by atoms with Crippen LogP contribution in [0.5, 0.6) is 0 Å². The summed E-state index contributed by atoms with van der Waals surface area (Å²) in [6.07, 6.45) is 7.73. The number of rotatable bonds is 8. The third-order valence-corrected chi connectivity index (χ3v) is 2.46. The Kier molecular flexibility index (Phi) is 6.15. The summed E-state index contributed by atoms with van der Waals surface area (Å²) in [5.74, 6) is -2.56. The maximum Gasteiger partial charge on any atom is 0.320 e. The van der Waals surface area contributed by atoms with Crippen LogP contribution in [0.1, 0.15) is 32.6 Å². The lowest BCUT2D eigenvalue weighted by atomic mass is 9.85. The Hall–Kier alpha value is -1.58. The lowest BCUT2D eigenvalue weighted by Crippen LogP contribution is -2.36. The van der Waals surface area contributed by atoms with Gasteiger partial charge in [-0.25, -0.2) is 0 Å². The highest BCUT2D eigenvalue weighted by Gasteiger charge is 2.40. The Morgan fingerprint density at radius 2 is 1.81 bits per heavy atom. The fraction of sp³-hybridized carbons (Fsp3) is 0.500. The normalized spacial score (nSPS) is 11.6. The zero-order valence-corrected chi connectivity index (χ0v) is 9.48. The smallest absolute Gasteiger partial charge is 0.320 e. The van der Waals surface area contributed by atoms with Crippen molar-refractivity contribution in [3.63, 3.8) is 0 Å². The van der Waals surface area contributed by atoms with E-state index in [0.29, 0.717) is 12.8 Å². The molecule has 0 aliphatic heterocycles. The standard InChI is InChI=1S/C12H18O4/c1-3-4-5-6-7-8-9-12(2,10(13)14)11(15)16/h3,5-6H,1,4,7-9H2,2H3,(H,13,14)(H,15,16). The van der Waals surface area contributed by atoms with E-state index in [1.165, 1.54) is 6.92 Å². The molecular formula is C12H18O4. The van der Waals surface area contributed by atoms with Gasteiger partial charge in [0.2, 0.25) is 0 Å². The topological polar surface area (TPSA) is 74.6 Å². The Bertz CT molecular complexity index is 277. The zero-order valence-electron chi connectivity index (χ0n) is 9.48. The van der Waals surface area contributed by atoms with Crippen molar-refractivity contribution in [2.75, 3.05) is 0 Å². The van der Waals surface area contributed by atoms with Gasteiger partial charge >= 0.3 is 11.9 Å². The van der Waals surface area contributed by atoms with E-state index in [2.05, 4.69) is 6.58 Å². The van der Waals surface area contributed by atoms with Gasteiger partial charge in [-0.05, 0) is 32.6 Å². The van der Waals surface area contributed by atoms with Gasteiger partial charge in [0, 0.05) is 0 Å². The van der Waals surface area contributed by atoms with Crippen molar-refractivity contribution < 1.29 is 19.8 Å².